The summed E-state index contributed by atoms with van der Waals surface area (Å²) in [4.78, 5) is 43.0. The predicted molar refractivity (Wildman–Crippen MR) is 137 cm³/mol. The summed E-state index contributed by atoms with van der Waals surface area (Å²) in [5.74, 6) is 0.892. The van der Waals surface area contributed by atoms with E-state index in [1.165, 1.54) is 12.5 Å². The molecule has 0 aromatic carbocycles. The molecule has 4 aliphatic carbocycles. The van der Waals surface area contributed by atoms with E-state index < -0.39 is 5.72 Å². The van der Waals surface area contributed by atoms with Gasteiger partial charge in [-0.2, -0.15) is 0 Å². The van der Waals surface area contributed by atoms with Crippen molar-refractivity contribution in [3.8, 4) is 0 Å². The number of ether oxygens (including phenoxy) is 2. The van der Waals surface area contributed by atoms with E-state index in [9.17, 15) is 14.4 Å². The van der Waals surface area contributed by atoms with Crippen LogP contribution in [0, 0.1) is 45.8 Å². The zero-order valence-corrected chi connectivity index (χ0v) is 23.3. The standard InChI is InChI=1S/C31H43NO5/c1-16-8-21-20(25(9-16)36-18(3)33)10-23(34)27-28(21,4)14-26-29(5)12-22(24(35)13-30(27,29)6)31-11-17(2)7-19(37-31)15-32(26)31/h9,17,19-22,25-27H,7-8,10-15H2,1-6H3/t17-,19-,20-,21+,22-,25-,26+,27-,28-,29+,30-,31+/m0/s1. The molecule has 1 spiro atoms. The fourth-order valence-corrected chi connectivity index (χ4v) is 11.6. The number of hydrogen-bond donors (Lipinski definition) is 0. The van der Waals surface area contributed by atoms with Crippen LogP contribution in [0.3, 0.4) is 0 Å². The summed E-state index contributed by atoms with van der Waals surface area (Å²) >= 11 is 0. The minimum absolute atomic E-state index is 0.00739. The van der Waals surface area contributed by atoms with Crippen LogP contribution < -0.4 is 0 Å². The van der Waals surface area contributed by atoms with Gasteiger partial charge in [-0.15, -0.1) is 0 Å². The van der Waals surface area contributed by atoms with E-state index in [1.54, 1.807) is 0 Å². The highest BCUT2D eigenvalue weighted by Gasteiger charge is 2.78. The predicted octanol–water partition coefficient (Wildman–Crippen LogP) is 4.70. The van der Waals surface area contributed by atoms with Crippen LogP contribution in [0.1, 0.15) is 86.5 Å². The number of esters is 1. The Labute approximate surface area is 220 Å². The average Bonchev–Trinajstić information content (AvgIpc) is 3.05. The van der Waals surface area contributed by atoms with Crippen molar-refractivity contribution >= 4 is 17.5 Å². The number of ketones is 2. The number of fused-ring (bicyclic) bond motifs is 7. The molecule has 12 atom stereocenters. The van der Waals surface area contributed by atoms with Crippen LogP contribution in [-0.2, 0) is 23.9 Å². The fourth-order valence-electron chi connectivity index (χ4n) is 11.6. The lowest BCUT2D eigenvalue weighted by atomic mass is 9.33. The number of carbonyl (C=O) groups is 3. The van der Waals surface area contributed by atoms with Gasteiger partial charge in [0.1, 0.15) is 23.4 Å². The molecule has 7 rings (SSSR count). The summed E-state index contributed by atoms with van der Waals surface area (Å²) < 4.78 is 12.6. The van der Waals surface area contributed by atoms with Gasteiger partial charge in [0.15, 0.2) is 0 Å². The number of nitrogens with zero attached hydrogens (tertiary/aromatic N) is 1. The first-order valence-corrected chi connectivity index (χ1v) is 14.7. The van der Waals surface area contributed by atoms with E-state index in [-0.39, 0.29) is 69.9 Å². The molecule has 7 aliphatic rings. The van der Waals surface area contributed by atoms with Crippen LogP contribution in [-0.4, -0.2) is 53.0 Å². The van der Waals surface area contributed by atoms with Crippen LogP contribution in [0.4, 0.5) is 0 Å². The number of carbonyl (C=O) groups excluding carboxylic acids is 3. The molecule has 4 bridgehead atoms. The van der Waals surface area contributed by atoms with Crippen molar-refractivity contribution in [3.05, 3.63) is 11.6 Å². The SMILES string of the molecule is CC(=O)O[C@H]1C=C(C)C[C@@H]2[C@@H]1CC(=O)[C@H]1[C@@]2(C)C[C@H]2N3C[C@@H]4C[C@H](C)C[C@@]3(O4)[C@H]3C[C@@]2(C)[C@@]1(C)CC3=O. The maximum atomic E-state index is 14.3. The maximum Gasteiger partial charge on any atom is 0.303 e. The Morgan fingerprint density at radius 1 is 1.08 bits per heavy atom. The van der Waals surface area contributed by atoms with Gasteiger partial charge in [0.25, 0.3) is 0 Å². The van der Waals surface area contributed by atoms with Gasteiger partial charge in [-0.05, 0) is 73.2 Å². The monoisotopic (exact) mass is 509 g/mol. The molecular weight excluding hydrogens is 466 g/mol. The van der Waals surface area contributed by atoms with Crippen LogP contribution in [0.5, 0.6) is 0 Å². The van der Waals surface area contributed by atoms with Crippen molar-refractivity contribution in [2.24, 2.45) is 45.8 Å². The highest BCUT2D eigenvalue weighted by Crippen LogP contribution is 2.75. The third-order valence-corrected chi connectivity index (χ3v) is 12.8. The van der Waals surface area contributed by atoms with Crippen molar-refractivity contribution in [1.82, 2.24) is 4.90 Å². The lowest BCUT2D eigenvalue weighted by Gasteiger charge is -2.74. The molecular formula is C31H43NO5. The average molecular weight is 510 g/mol. The number of Topliss-reactive ketones (excluding diaryl/α,β-unsaturated/α-hetero) is 2. The molecule has 6 heteroatoms. The summed E-state index contributed by atoms with van der Waals surface area (Å²) in [5.41, 5.74) is 0.0308. The van der Waals surface area contributed by atoms with Gasteiger partial charge in [0, 0.05) is 44.2 Å². The molecule has 37 heavy (non-hydrogen) atoms. The Morgan fingerprint density at radius 2 is 1.84 bits per heavy atom. The maximum absolute atomic E-state index is 14.3. The number of allylic oxidation sites excluding steroid dienone is 1. The van der Waals surface area contributed by atoms with Crippen molar-refractivity contribution < 1.29 is 23.9 Å². The molecule has 0 unspecified atom stereocenters. The van der Waals surface area contributed by atoms with Gasteiger partial charge in [-0.1, -0.05) is 33.3 Å². The van der Waals surface area contributed by atoms with E-state index in [2.05, 4.69) is 45.6 Å². The zero-order chi connectivity index (χ0) is 26.3. The second-order valence-electron chi connectivity index (χ2n) is 14.9. The van der Waals surface area contributed by atoms with Gasteiger partial charge in [0.2, 0.25) is 0 Å². The van der Waals surface area contributed by atoms with Crippen LogP contribution in [0.15, 0.2) is 11.6 Å². The Hall–Kier alpha value is -1.53. The number of rotatable bonds is 1. The van der Waals surface area contributed by atoms with E-state index in [0.29, 0.717) is 24.5 Å². The van der Waals surface area contributed by atoms with Gasteiger partial charge >= 0.3 is 5.97 Å². The molecule has 6 fully saturated rings. The molecule has 0 N–H and O–H groups in total. The lowest BCUT2D eigenvalue weighted by molar-refractivity contribution is -0.291. The van der Waals surface area contributed by atoms with Crippen LogP contribution in [0.25, 0.3) is 0 Å². The van der Waals surface area contributed by atoms with Gasteiger partial charge in [-0.3, -0.25) is 19.3 Å². The smallest absolute Gasteiger partial charge is 0.303 e. The van der Waals surface area contributed by atoms with E-state index >= 15 is 0 Å². The first-order valence-electron chi connectivity index (χ1n) is 14.7. The van der Waals surface area contributed by atoms with Crippen molar-refractivity contribution in [1.29, 1.82) is 0 Å². The summed E-state index contributed by atoms with van der Waals surface area (Å²) in [6, 6.07) is 0.281. The molecule has 3 aliphatic heterocycles. The molecule has 6 nitrogen and oxygen atoms in total. The quantitative estimate of drug-likeness (QED) is 0.377. The third kappa shape index (κ3) is 2.87. The summed E-state index contributed by atoms with van der Waals surface area (Å²) in [6.07, 6.45) is 7.58. The zero-order valence-electron chi connectivity index (χ0n) is 23.3. The Kier molecular flexibility index (Phi) is 4.87. The summed E-state index contributed by atoms with van der Waals surface area (Å²) in [6.45, 7) is 13.9. The minimum Gasteiger partial charge on any atom is -0.458 e. The molecule has 3 saturated heterocycles. The first kappa shape index (κ1) is 24.5. The van der Waals surface area contributed by atoms with E-state index in [4.69, 9.17) is 9.47 Å². The summed E-state index contributed by atoms with van der Waals surface area (Å²) in [7, 11) is 0. The van der Waals surface area contributed by atoms with Crippen LogP contribution >= 0.6 is 0 Å². The van der Waals surface area contributed by atoms with Crippen molar-refractivity contribution in [2.75, 3.05) is 6.54 Å². The second kappa shape index (κ2) is 7.35. The Balaban J connectivity index is 1.38. The van der Waals surface area contributed by atoms with Gasteiger partial charge in [-0.25, -0.2) is 0 Å². The fraction of sp³-hybridized carbons (Fsp3) is 0.839. The highest BCUT2D eigenvalue weighted by molar-refractivity contribution is 5.89. The third-order valence-electron chi connectivity index (χ3n) is 12.8. The van der Waals surface area contributed by atoms with Gasteiger partial charge in [0.05, 0.1) is 12.0 Å². The second-order valence-corrected chi connectivity index (χ2v) is 14.9. The largest absolute Gasteiger partial charge is 0.458 e. The van der Waals surface area contributed by atoms with Gasteiger partial charge < -0.3 is 9.47 Å². The summed E-state index contributed by atoms with van der Waals surface area (Å²) in [5, 5.41) is 0. The number of piperidine rings is 1. The molecule has 202 valence electrons. The van der Waals surface area contributed by atoms with Crippen molar-refractivity contribution in [2.45, 2.75) is 110 Å². The lowest BCUT2D eigenvalue weighted by Crippen LogP contribution is -2.78. The first-order chi connectivity index (χ1) is 17.3. The van der Waals surface area contributed by atoms with E-state index in [1.807, 2.05) is 0 Å². The molecule has 3 saturated carbocycles. The van der Waals surface area contributed by atoms with Crippen molar-refractivity contribution in [3.63, 3.8) is 0 Å². The van der Waals surface area contributed by atoms with E-state index in [0.717, 1.165) is 38.6 Å². The molecule has 0 aromatic heterocycles. The Morgan fingerprint density at radius 3 is 2.57 bits per heavy atom. The molecule has 0 radical (unpaired) electrons. The minimum atomic E-state index is -0.463. The molecule has 3 heterocycles. The van der Waals surface area contributed by atoms with Crippen LogP contribution in [0.2, 0.25) is 0 Å². The molecule has 0 aromatic rings. The molecule has 0 amide bonds. The number of hydrogen-bond acceptors (Lipinski definition) is 6. The topological polar surface area (TPSA) is 72.9 Å². The highest BCUT2D eigenvalue weighted by atomic mass is 16.5. The Bertz CT molecular complexity index is 1130. The normalized spacial score (nSPS) is 56.1.